The Morgan fingerprint density at radius 3 is 2.62 bits per heavy atom. The van der Waals surface area contributed by atoms with E-state index in [1.54, 1.807) is 11.3 Å². The van der Waals surface area contributed by atoms with Crippen LogP contribution in [-0.2, 0) is 0 Å². The lowest BCUT2D eigenvalue weighted by Gasteiger charge is -2.39. The summed E-state index contributed by atoms with van der Waals surface area (Å²) in [5, 5.41) is 7.75. The fourth-order valence-corrected chi connectivity index (χ4v) is 6.19. The number of hydrazone groups is 1. The van der Waals surface area contributed by atoms with Gasteiger partial charge in [0.2, 0.25) is 0 Å². The summed E-state index contributed by atoms with van der Waals surface area (Å²) >= 11 is 1.64. The highest BCUT2D eigenvalue weighted by molar-refractivity contribution is 7.10. The van der Waals surface area contributed by atoms with Crippen molar-refractivity contribution in [3.63, 3.8) is 0 Å². The van der Waals surface area contributed by atoms with Gasteiger partial charge in [-0.3, -0.25) is 14.5 Å². The van der Waals surface area contributed by atoms with Crippen LogP contribution < -0.4 is 31.9 Å². The van der Waals surface area contributed by atoms with Crippen LogP contribution in [0.4, 0.5) is 5.69 Å². The standard InChI is InChI=1S/C26H29N7O3S/c27-30-25(33(28)18-7-8-21-22(16-18)36-14-13-35-21)24(23-6-3-15-37-23)31-11-9-17(10-12-31)32-20-5-2-1-4-19(20)29-26(32)34/h1-8,15-17,24H,9-14,27-28H2,(H,29,34)/b30-25-. The van der Waals surface area contributed by atoms with Crippen LogP contribution in [-0.4, -0.2) is 46.6 Å². The maximum atomic E-state index is 12.8. The second-order valence-corrected chi connectivity index (χ2v) is 10.2. The zero-order chi connectivity index (χ0) is 25.4. The third-order valence-corrected chi connectivity index (χ3v) is 8.02. The van der Waals surface area contributed by atoms with E-state index in [-0.39, 0.29) is 17.8 Å². The quantitative estimate of drug-likeness (QED) is 0.160. The highest BCUT2D eigenvalue weighted by atomic mass is 32.1. The minimum Gasteiger partial charge on any atom is -0.486 e. The number of amidine groups is 1. The van der Waals surface area contributed by atoms with Gasteiger partial charge in [-0.2, -0.15) is 5.10 Å². The topological polar surface area (TPSA) is 127 Å². The number of nitrogens with two attached hydrogens (primary N) is 2. The summed E-state index contributed by atoms with van der Waals surface area (Å²) in [6.07, 6.45) is 1.63. The van der Waals surface area contributed by atoms with Crippen LogP contribution in [0.3, 0.4) is 0 Å². The van der Waals surface area contributed by atoms with Crippen LogP contribution in [0.15, 0.2) is 69.9 Å². The SMILES string of the molecule is N/N=C(/C(c1cccs1)N1CCC(n2c(=O)[nH]c3ccccc32)CC1)N(N)c1ccc2c(c1)OCCO2. The van der Waals surface area contributed by atoms with Crippen LogP contribution in [0.2, 0.25) is 0 Å². The van der Waals surface area contributed by atoms with E-state index in [1.807, 2.05) is 58.5 Å². The molecular weight excluding hydrogens is 490 g/mol. The lowest BCUT2D eigenvalue weighted by molar-refractivity contribution is 0.166. The van der Waals surface area contributed by atoms with E-state index in [2.05, 4.69) is 21.1 Å². The Morgan fingerprint density at radius 1 is 1.08 bits per heavy atom. The number of para-hydroxylation sites is 2. The maximum Gasteiger partial charge on any atom is 0.326 e. The summed E-state index contributed by atoms with van der Waals surface area (Å²) in [7, 11) is 0. The number of benzene rings is 2. The maximum absolute atomic E-state index is 12.8. The van der Waals surface area contributed by atoms with Gasteiger partial charge in [-0.05, 0) is 48.6 Å². The number of fused-ring (bicyclic) bond motifs is 2. The predicted octanol–water partition coefficient (Wildman–Crippen LogP) is 3.19. The molecule has 0 radical (unpaired) electrons. The van der Waals surface area contributed by atoms with Crippen LogP contribution >= 0.6 is 11.3 Å². The summed E-state index contributed by atoms with van der Waals surface area (Å²) in [6.45, 7) is 2.53. The number of anilines is 1. The molecule has 1 unspecified atom stereocenters. The first-order valence-corrected chi connectivity index (χ1v) is 13.2. The molecule has 0 bridgehead atoms. The molecule has 2 aliphatic rings. The van der Waals surface area contributed by atoms with Crippen LogP contribution in [0.5, 0.6) is 11.5 Å². The number of hydrazine groups is 1. The number of nitrogens with zero attached hydrogens (tertiary/aromatic N) is 4. The van der Waals surface area contributed by atoms with Crippen molar-refractivity contribution < 1.29 is 9.47 Å². The number of hydrogen-bond acceptors (Lipinski definition) is 8. The van der Waals surface area contributed by atoms with Crippen molar-refractivity contribution in [2.45, 2.75) is 24.9 Å². The molecule has 2 aromatic carbocycles. The first-order valence-electron chi connectivity index (χ1n) is 12.3. The third-order valence-electron chi connectivity index (χ3n) is 7.09. The Morgan fingerprint density at radius 2 is 1.86 bits per heavy atom. The van der Waals surface area contributed by atoms with Crippen LogP contribution in [0, 0.1) is 0 Å². The smallest absolute Gasteiger partial charge is 0.326 e. The van der Waals surface area contributed by atoms with Gasteiger partial charge in [0.1, 0.15) is 19.3 Å². The normalized spacial score (nSPS) is 17.7. The number of nitrogens with one attached hydrogen (secondary N) is 1. The predicted molar refractivity (Wildman–Crippen MR) is 145 cm³/mol. The third kappa shape index (κ3) is 4.35. The fraction of sp³-hybridized carbons (Fsp3) is 0.308. The molecule has 10 nitrogen and oxygen atoms in total. The fourth-order valence-electron chi connectivity index (χ4n) is 5.34. The summed E-state index contributed by atoms with van der Waals surface area (Å²) in [5.41, 5.74) is 2.44. The van der Waals surface area contributed by atoms with E-state index in [0.29, 0.717) is 36.2 Å². The van der Waals surface area contributed by atoms with Crippen molar-refractivity contribution in [1.29, 1.82) is 0 Å². The van der Waals surface area contributed by atoms with E-state index < -0.39 is 0 Å². The molecule has 192 valence electrons. The molecule has 6 rings (SSSR count). The molecule has 2 aromatic heterocycles. The van der Waals surface area contributed by atoms with Crippen molar-refractivity contribution in [3.05, 3.63) is 75.3 Å². The Bertz CT molecular complexity index is 1470. The van der Waals surface area contributed by atoms with Gasteiger partial charge in [-0.25, -0.2) is 10.6 Å². The minimum absolute atomic E-state index is 0.0644. The number of aromatic amines is 1. The van der Waals surface area contributed by atoms with E-state index in [9.17, 15) is 4.79 Å². The van der Waals surface area contributed by atoms with Crippen LogP contribution in [0.25, 0.3) is 11.0 Å². The zero-order valence-electron chi connectivity index (χ0n) is 20.2. The first-order chi connectivity index (χ1) is 18.1. The summed E-state index contributed by atoms with van der Waals surface area (Å²) in [4.78, 5) is 19.2. The average Bonchev–Trinajstić information content (AvgIpc) is 3.58. The van der Waals surface area contributed by atoms with Gasteiger partial charge in [-0.1, -0.05) is 18.2 Å². The number of thiophene rings is 1. The van der Waals surface area contributed by atoms with Crippen molar-refractivity contribution in [1.82, 2.24) is 14.5 Å². The molecule has 1 fully saturated rings. The number of hydrogen-bond donors (Lipinski definition) is 3. The highest BCUT2D eigenvalue weighted by Gasteiger charge is 2.34. The number of piperidine rings is 1. The Hall–Kier alpha value is -3.80. The minimum atomic E-state index is -0.233. The first kappa shape index (κ1) is 23.6. The molecule has 1 saturated heterocycles. The van der Waals surface area contributed by atoms with Crippen molar-refractivity contribution in [2.24, 2.45) is 16.8 Å². The summed E-state index contributed by atoms with van der Waals surface area (Å²) in [5.74, 6) is 14.5. The number of aromatic nitrogens is 2. The van der Waals surface area contributed by atoms with Crippen molar-refractivity contribution >= 4 is 33.9 Å². The molecule has 0 aliphatic carbocycles. The van der Waals surface area contributed by atoms with E-state index in [0.717, 1.165) is 41.8 Å². The lowest BCUT2D eigenvalue weighted by Crippen LogP contribution is -2.49. The molecule has 1 atom stereocenters. The monoisotopic (exact) mass is 519 g/mol. The molecule has 4 aromatic rings. The van der Waals surface area contributed by atoms with Gasteiger partial charge in [0, 0.05) is 30.1 Å². The molecule has 0 amide bonds. The van der Waals surface area contributed by atoms with Crippen molar-refractivity contribution in [3.8, 4) is 11.5 Å². The number of likely N-dealkylation sites (tertiary alicyclic amines) is 1. The number of ether oxygens (including phenoxy) is 2. The van der Waals surface area contributed by atoms with Gasteiger partial charge in [0.15, 0.2) is 17.3 Å². The largest absolute Gasteiger partial charge is 0.486 e. The zero-order valence-corrected chi connectivity index (χ0v) is 21.1. The van der Waals surface area contributed by atoms with Gasteiger partial charge < -0.3 is 20.3 Å². The second-order valence-electron chi connectivity index (χ2n) is 9.19. The number of rotatable bonds is 5. The average molecular weight is 520 g/mol. The Kier molecular flexibility index (Phi) is 6.33. The molecule has 0 saturated carbocycles. The molecule has 11 heteroatoms. The van der Waals surface area contributed by atoms with Crippen molar-refractivity contribution in [2.75, 3.05) is 31.3 Å². The molecule has 4 heterocycles. The van der Waals surface area contributed by atoms with Gasteiger partial charge in [0.25, 0.3) is 0 Å². The van der Waals surface area contributed by atoms with E-state index >= 15 is 0 Å². The van der Waals surface area contributed by atoms with Gasteiger partial charge >= 0.3 is 5.69 Å². The molecule has 37 heavy (non-hydrogen) atoms. The second kappa shape index (κ2) is 9.92. The Labute approximate surface area is 217 Å². The van der Waals surface area contributed by atoms with Gasteiger partial charge in [0.05, 0.1) is 16.7 Å². The Balaban J connectivity index is 1.27. The summed E-state index contributed by atoms with van der Waals surface area (Å²) < 4.78 is 13.3. The van der Waals surface area contributed by atoms with E-state index in [4.69, 9.17) is 21.2 Å². The number of H-pyrrole nitrogens is 1. The molecule has 2 aliphatic heterocycles. The lowest BCUT2D eigenvalue weighted by atomic mass is 10.0. The summed E-state index contributed by atoms with van der Waals surface area (Å²) in [6, 6.07) is 17.4. The van der Waals surface area contributed by atoms with E-state index in [1.165, 1.54) is 5.01 Å². The highest BCUT2D eigenvalue weighted by Crippen LogP contribution is 2.37. The molecule has 0 spiro atoms. The van der Waals surface area contributed by atoms with Gasteiger partial charge in [-0.15, -0.1) is 11.3 Å². The van der Waals surface area contributed by atoms with Crippen LogP contribution in [0.1, 0.15) is 29.8 Å². The number of imidazole rings is 1. The molecule has 5 N–H and O–H groups in total. The molecular formula is C26H29N7O3S.